The molecule has 1 aliphatic rings. The Labute approximate surface area is 121 Å². The molecule has 0 aromatic carbocycles. The minimum Gasteiger partial charge on any atom is -0.443 e. The normalized spacial score (nSPS) is 21.3. The number of likely N-dealkylation sites (tertiary alicyclic amines) is 1. The van der Waals surface area contributed by atoms with Crippen molar-refractivity contribution in [1.29, 1.82) is 0 Å². The van der Waals surface area contributed by atoms with E-state index in [1.165, 1.54) is 12.8 Å². The van der Waals surface area contributed by atoms with Gasteiger partial charge in [0.1, 0.15) is 12.3 Å². The molecule has 1 atom stereocenters. The fraction of sp³-hybridized carbons (Fsp3) is 0.733. The molecule has 20 heavy (non-hydrogen) atoms. The molecule has 0 amide bonds. The van der Waals surface area contributed by atoms with Crippen molar-refractivity contribution in [1.82, 2.24) is 9.88 Å². The van der Waals surface area contributed by atoms with Crippen LogP contribution in [0.4, 0.5) is 0 Å². The summed E-state index contributed by atoms with van der Waals surface area (Å²) in [7, 11) is 0. The lowest BCUT2D eigenvalue weighted by Crippen LogP contribution is -2.43. The highest BCUT2D eigenvalue weighted by atomic mass is 16.4. The summed E-state index contributed by atoms with van der Waals surface area (Å²) in [6.07, 6.45) is 4.24. The Hall–Kier alpha value is -1.52. The Balaban J connectivity index is 1.96. The van der Waals surface area contributed by atoms with Gasteiger partial charge in [-0.2, -0.15) is 0 Å². The molecule has 0 spiro atoms. The molecule has 1 aliphatic heterocycles. The number of oxazole rings is 1. The highest BCUT2D eigenvalue weighted by molar-refractivity contribution is 5.78. The van der Waals surface area contributed by atoms with E-state index >= 15 is 0 Å². The van der Waals surface area contributed by atoms with Gasteiger partial charge in [-0.1, -0.05) is 27.7 Å². The van der Waals surface area contributed by atoms with E-state index in [-0.39, 0.29) is 5.41 Å². The van der Waals surface area contributed by atoms with Gasteiger partial charge in [-0.05, 0) is 18.8 Å². The maximum Gasteiger partial charge on any atom is 0.216 e. The fourth-order valence-electron chi connectivity index (χ4n) is 2.38. The molecule has 2 N–H and O–H groups in total. The molecule has 0 radical (unpaired) electrons. The Morgan fingerprint density at radius 1 is 1.55 bits per heavy atom. The summed E-state index contributed by atoms with van der Waals surface area (Å²) in [5.74, 6) is 2.80. The quantitative estimate of drug-likeness (QED) is 0.666. The average molecular weight is 278 g/mol. The van der Waals surface area contributed by atoms with E-state index in [2.05, 4.69) is 42.6 Å². The van der Waals surface area contributed by atoms with E-state index in [4.69, 9.17) is 10.2 Å². The lowest BCUT2D eigenvalue weighted by molar-refractivity contribution is 0.270. The molecule has 1 aromatic rings. The van der Waals surface area contributed by atoms with Gasteiger partial charge >= 0.3 is 0 Å². The Bertz CT molecular complexity index is 472. The molecule has 112 valence electrons. The van der Waals surface area contributed by atoms with E-state index in [9.17, 15) is 0 Å². The predicted octanol–water partition coefficient (Wildman–Crippen LogP) is 2.52. The predicted molar refractivity (Wildman–Crippen MR) is 80.5 cm³/mol. The largest absolute Gasteiger partial charge is 0.443 e. The van der Waals surface area contributed by atoms with Crippen LogP contribution >= 0.6 is 0 Å². The first-order chi connectivity index (χ1) is 9.36. The number of hydrogen-bond donors (Lipinski definition) is 1. The molecule has 0 saturated carbocycles. The molecule has 2 rings (SSSR count). The molecule has 0 aliphatic carbocycles. The molecule has 2 heterocycles. The van der Waals surface area contributed by atoms with E-state index in [0.717, 1.165) is 18.8 Å². The zero-order valence-corrected chi connectivity index (χ0v) is 13.0. The van der Waals surface area contributed by atoms with E-state index < -0.39 is 0 Å². The number of rotatable bonds is 2. The van der Waals surface area contributed by atoms with Crippen molar-refractivity contribution < 1.29 is 4.42 Å². The van der Waals surface area contributed by atoms with Crippen LogP contribution in [0.15, 0.2) is 15.6 Å². The molecular formula is C15H26N4O. The highest BCUT2D eigenvalue weighted by Crippen LogP contribution is 2.23. The lowest BCUT2D eigenvalue weighted by atomic mass is 9.94. The Kier molecular flexibility index (Phi) is 4.35. The number of aromatic nitrogens is 1. The van der Waals surface area contributed by atoms with Gasteiger partial charge in [-0.3, -0.25) is 0 Å². The van der Waals surface area contributed by atoms with E-state index in [1.54, 1.807) is 6.20 Å². The number of guanidine groups is 1. The monoisotopic (exact) mass is 278 g/mol. The maximum absolute atomic E-state index is 6.06. The minimum atomic E-state index is -0.0250. The van der Waals surface area contributed by atoms with Crippen molar-refractivity contribution in [3.8, 4) is 0 Å². The summed E-state index contributed by atoms with van der Waals surface area (Å²) >= 11 is 0. The lowest BCUT2D eigenvalue weighted by Gasteiger charge is -2.31. The van der Waals surface area contributed by atoms with Crippen molar-refractivity contribution in [2.24, 2.45) is 16.6 Å². The molecule has 1 saturated heterocycles. The average Bonchev–Trinajstić information content (AvgIpc) is 2.84. The first-order valence-corrected chi connectivity index (χ1v) is 7.36. The van der Waals surface area contributed by atoms with Crippen LogP contribution in [-0.4, -0.2) is 28.9 Å². The van der Waals surface area contributed by atoms with Gasteiger partial charge in [0.15, 0.2) is 5.96 Å². The van der Waals surface area contributed by atoms with Crippen LogP contribution in [0.1, 0.15) is 52.2 Å². The topological polar surface area (TPSA) is 67.7 Å². The molecule has 0 bridgehead atoms. The number of aliphatic imine (C=N–C) groups is 1. The third kappa shape index (κ3) is 3.74. The van der Waals surface area contributed by atoms with Gasteiger partial charge in [-0.25, -0.2) is 9.98 Å². The first-order valence-electron chi connectivity index (χ1n) is 7.36. The van der Waals surface area contributed by atoms with Crippen LogP contribution in [0.5, 0.6) is 0 Å². The van der Waals surface area contributed by atoms with Gasteiger partial charge in [0.2, 0.25) is 5.89 Å². The minimum absolute atomic E-state index is 0.0250. The van der Waals surface area contributed by atoms with Crippen LogP contribution in [0.3, 0.4) is 0 Å². The summed E-state index contributed by atoms with van der Waals surface area (Å²) in [5.41, 5.74) is 6.03. The van der Waals surface area contributed by atoms with Crippen LogP contribution < -0.4 is 5.73 Å². The SMILES string of the molecule is CC1CCCN(C(N)=NCc2ncc(C(C)(C)C)o2)C1. The van der Waals surface area contributed by atoms with Gasteiger partial charge in [0.25, 0.3) is 0 Å². The van der Waals surface area contributed by atoms with Crippen molar-refractivity contribution in [3.63, 3.8) is 0 Å². The van der Waals surface area contributed by atoms with Crippen LogP contribution in [0, 0.1) is 5.92 Å². The van der Waals surface area contributed by atoms with Gasteiger partial charge in [-0.15, -0.1) is 0 Å². The van der Waals surface area contributed by atoms with Crippen molar-refractivity contribution in [2.75, 3.05) is 13.1 Å². The summed E-state index contributed by atoms with van der Waals surface area (Å²) in [4.78, 5) is 10.8. The molecule has 5 nitrogen and oxygen atoms in total. The van der Waals surface area contributed by atoms with Crippen LogP contribution in [0.25, 0.3) is 0 Å². The van der Waals surface area contributed by atoms with Crippen molar-refractivity contribution >= 4 is 5.96 Å². The molecule has 5 heteroatoms. The third-order valence-electron chi connectivity index (χ3n) is 3.65. The standard InChI is InChI=1S/C15H26N4O/c1-11-6-5-7-19(10-11)14(16)18-9-13-17-8-12(20-13)15(2,3)4/h8,11H,5-7,9-10H2,1-4H3,(H2,16,18). The molecule has 1 unspecified atom stereocenters. The van der Waals surface area contributed by atoms with Crippen molar-refractivity contribution in [3.05, 3.63) is 17.8 Å². The number of piperidine rings is 1. The van der Waals surface area contributed by atoms with Crippen LogP contribution in [0.2, 0.25) is 0 Å². The molecule has 1 fully saturated rings. The second kappa shape index (κ2) is 5.85. The van der Waals surface area contributed by atoms with Gasteiger partial charge < -0.3 is 15.1 Å². The zero-order valence-electron chi connectivity index (χ0n) is 13.0. The zero-order chi connectivity index (χ0) is 14.8. The Morgan fingerprint density at radius 3 is 2.90 bits per heavy atom. The fourth-order valence-corrected chi connectivity index (χ4v) is 2.38. The van der Waals surface area contributed by atoms with E-state index in [1.807, 2.05) is 0 Å². The highest BCUT2D eigenvalue weighted by Gasteiger charge is 2.20. The summed E-state index contributed by atoms with van der Waals surface area (Å²) in [5, 5.41) is 0. The summed E-state index contributed by atoms with van der Waals surface area (Å²) in [6, 6.07) is 0. The molecular weight excluding hydrogens is 252 g/mol. The first kappa shape index (κ1) is 14.9. The van der Waals surface area contributed by atoms with Crippen molar-refractivity contribution in [2.45, 2.75) is 52.5 Å². The number of nitrogens with two attached hydrogens (primary N) is 1. The number of hydrogen-bond acceptors (Lipinski definition) is 3. The van der Waals surface area contributed by atoms with Gasteiger partial charge in [0.05, 0.1) is 6.20 Å². The van der Waals surface area contributed by atoms with Crippen LogP contribution in [-0.2, 0) is 12.0 Å². The summed E-state index contributed by atoms with van der Waals surface area (Å²) in [6.45, 7) is 11.0. The second-order valence-corrected chi connectivity index (χ2v) is 6.74. The third-order valence-corrected chi connectivity index (χ3v) is 3.65. The smallest absolute Gasteiger partial charge is 0.216 e. The Morgan fingerprint density at radius 2 is 2.30 bits per heavy atom. The van der Waals surface area contributed by atoms with E-state index in [0.29, 0.717) is 24.3 Å². The summed E-state index contributed by atoms with van der Waals surface area (Å²) < 4.78 is 5.71. The maximum atomic E-state index is 6.06. The second-order valence-electron chi connectivity index (χ2n) is 6.74. The molecule has 1 aromatic heterocycles. The van der Waals surface area contributed by atoms with Gasteiger partial charge in [0, 0.05) is 18.5 Å². The number of nitrogens with zero attached hydrogens (tertiary/aromatic N) is 3.